The molecule has 0 bridgehead atoms. The summed E-state index contributed by atoms with van der Waals surface area (Å²) in [6.07, 6.45) is 0.0861. The van der Waals surface area contributed by atoms with E-state index < -0.39 is 10.0 Å². The zero-order valence-electron chi connectivity index (χ0n) is 9.72. The Morgan fingerprint density at radius 1 is 0.882 bits per heavy atom. The lowest BCUT2D eigenvalue weighted by Crippen LogP contribution is -2.08. The van der Waals surface area contributed by atoms with Crippen molar-refractivity contribution in [1.82, 2.24) is 0 Å². The summed E-state index contributed by atoms with van der Waals surface area (Å²) in [6, 6.07) is 17.0. The molecule has 2 aromatic rings. The molecule has 0 heterocycles. The lowest BCUT2D eigenvalue weighted by Gasteiger charge is -2.14. The van der Waals surface area contributed by atoms with E-state index in [0.717, 1.165) is 10.5 Å². The molecule has 0 N–H and O–H groups in total. The summed E-state index contributed by atoms with van der Waals surface area (Å²) in [5.41, 5.74) is 5.16. The maximum absolute atomic E-state index is 5.96. The van der Waals surface area contributed by atoms with Crippen LogP contribution in [-0.2, 0) is 8.54 Å². The molecule has 0 fully saturated rings. The molecule has 2 aromatic carbocycles. The second-order valence-electron chi connectivity index (χ2n) is 4.13. The van der Waals surface area contributed by atoms with Gasteiger partial charge in [-0.15, -0.1) is 0 Å². The smallest absolute Gasteiger partial charge is 0.294 e. The molecule has 0 aliphatic heterocycles. The molecule has 0 unspecified atom stereocenters. The Bertz CT molecular complexity index is 497. The third kappa shape index (κ3) is 1.79. The molecule has 2 nitrogen and oxygen atoms in total. The van der Waals surface area contributed by atoms with Crippen LogP contribution in [0.25, 0.3) is 11.1 Å². The molecule has 0 aromatic heterocycles. The highest BCUT2D eigenvalue weighted by Gasteiger charge is 2.28. The third-order valence-electron chi connectivity index (χ3n) is 3.13. The van der Waals surface area contributed by atoms with E-state index in [4.69, 9.17) is 8.54 Å². The average molecular weight is 258 g/mol. The summed E-state index contributed by atoms with van der Waals surface area (Å²) in [5.74, 6) is 0. The van der Waals surface area contributed by atoms with E-state index in [2.05, 4.69) is 48.5 Å². The lowest BCUT2D eigenvalue weighted by atomic mass is 10.1. The monoisotopic (exact) mass is 258 g/mol. The predicted molar refractivity (Wildman–Crippen MR) is 74.4 cm³/mol. The molecule has 3 rings (SSSR count). The molecule has 0 spiro atoms. The Hall–Kier alpha value is -1.21. The van der Waals surface area contributed by atoms with Crippen LogP contribution in [0.5, 0.6) is 0 Å². The first-order chi connectivity index (χ1) is 8.42. The summed E-state index contributed by atoms with van der Waals surface area (Å²) in [6.45, 7) is 0. The highest BCUT2D eigenvalue weighted by Crippen LogP contribution is 2.44. The first-order valence-corrected chi connectivity index (χ1v) is 7.67. The van der Waals surface area contributed by atoms with Crippen LogP contribution in [0.1, 0.15) is 17.2 Å². The molecule has 4 heteroatoms. The van der Waals surface area contributed by atoms with Gasteiger partial charge in [-0.2, -0.15) is 0 Å². The summed E-state index contributed by atoms with van der Waals surface area (Å²) in [7, 11) is -0.0554. The molecule has 1 aliphatic carbocycles. The Kier molecular flexibility index (Phi) is 2.94. The van der Waals surface area contributed by atoms with Crippen molar-refractivity contribution in [3.05, 3.63) is 59.7 Å². The van der Waals surface area contributed by atoms with E-state index >= 15 is 0 Å². The molecule has 0 saturated heterocycles. The Morgan fingerprint density at radius 2 is 1.41 bits per heavy atom. The van der Waals surface area contributed by atoms with Gasteiger partial charge in [0.1, 0.15) is 10.5 Å². The lowest BCUT2D eigenvalue weighted by molar-refractivity contribution is 0.234. The van der Waals surface area contributed by atoms with Gasteiger partial charge in [0.2, 0.25) is 0 Å². The molecule has 1 aliphatic rings. The van der Waals surface area contributed by atoms with Crippen molar-refractivity contribution < 1.29 is 8.54 Å². The van der Waals surface area contributed by atoms with Crippen molar-refractivity contribution in [2.75, 3.05) is 0 Å². The number of fused-ring (bicyclic) bond motifs is 3. The summed E-state index contributed by atoms with van der Waals surface area (Å²) in [4.78, 5) is 0. The van der Waals surface area contributed by atoms with Crippen molar-refractivity contribution in [1.29, 1.82) is 0 Å². The van der Waals surface area contributed by atoms with Gasteiger partial charge in [-0.3, -0.25) is 0 Å². The molecule has 0 saturated carbocycles. The fourth-order valence-corrected chi connectivity index (χ4v) is 3.46. The van der Waals surface area contributed by atoms with Crippen LogP contribution in [0.15, 0.2) is 48.5 Å². The van der Waals surface area contributed by atoms with E-state index in [9.17, 15) is 0 Å². The van der Waals surface area contributed by atoms with E-state index in [1.165, 1.54) is 22.3 Å². The molecule has 17 heavy (non-hydrogen) atoms. The zero-order valence-corrected chi connectivity index (χ0v) is 13.1. The van der Waals surface area contributed by atoms with Crippen LogP contribution < -0.4 is 0 Å². The average Bonchev–Trinajstić information content (AvgIpc) is 2.71. The molecular formula is C13H14O2Si2. The van der Waals surface area contributed by atoms with Crippen LogP contribution in [0.2, 0.25) is 0 Å². The van der Waals surface area contributed by atoms with Crippen LogP contribution >= 0.6 is 0 Å². The van der Waals surface area contributed by atoms with Gasteiger partial charge in [0.05, 0.1) is 6.10 Å². The quantitative estimate of drug-likeness (QED) is 0.767. The minimum absolute atomic E-state index is 0.0861. The highest BCUT2D eigenvalue weighted by molar-refractivity contribution is 6.27. The minimum atomic E-state index is -0.825. The molecule has 86 valence electrons. The Balaban J connectivity index is 2.10. The SMILES string of the molecule is [SiH3]O[SiH2]OC1c2ccccc2-c2ccccc21. The van der Waals surface area contributed by atoms with Crippen LogP contribution in [0.4, 0.5) is 0 Å². The first-order valence-electron chi connectivity index (χ1n) is 5.70. The first kappa shape index (κ1) is 10.9. The molecule has 0 amide bonds. The van der Waals surface area contributed by atoms with Crippen molar-refractivity contribution in [3.8, 4) is 11.1 Å². The second-order valence-corrected chi connectivity index (χ2v) is 7.01. The van der Waals surface area contributed by atoms with Gasteiger partial charge in [-0.25, -0.2) is 0 Å². The van der Waals surface area contributed by atoms with Crippen molar-refractivity contribution in [3.63, 3.8) is 0 Å². The standard InChI is InChI=1S/C13H14O2Si2/c16-15-17-14-13-11-7-3-1-5-9(11)10-6-2-4-8-12(10)13/h1-8,13H,17H2,16H3. The predicted octanol–water partition coefficient (Wildman–Crippen LogP) is 1.07. The maximum Gasteiger partial charge on any atom is 0.294 e. The van der Waals surface area contributed by atoms with E-state index in [1.54, 1.807) is 0 Å². The Morgan fingerprint density at radius 3 is 1.94 bits per heavy atom. The van der Waals surface area contributed by atoms with Crippen LogP contribution in [-0.4, -0.2) is 20.5 Å². The molecule has 0 radical (unpaired) electrons. The number of hydrogen-bond acceptors (Lipinski definition) is 2. The van der Waals surface area contributed by atoms with Gasteiger partial charge < -0.3 is 8.54 Å². The van der Waals surface area contributed by atoms with Gasteiger partial charge in [0.15, 0.2) is 0 Å². The normalized spacial score (nSPS) is 14.4. The van der Waals surface area contributed by atoms with Crippen molar-refractivity contribution in [2.45, 2.75) is 6.10 Å². The molecule has 0 atom stereocenters. The number of rotatable bonds is 3. The van der Waals surface area contributed by atoms with Gasteiger partial charge in [0, 0.05) is 0 Å². The van der Waals surface area contributed by atoms with Crippen molar-refractivity contribution >= 4 is 20.5 Å². The van der Waals surface area contributed by atoms with Gasteiger partial charge in [-0.1, -0.05) is 48.5 Å². The summed E-state index contributed by atoms with van der Waals surface area (Å²) in [5, 5.41) is 0. The van der Waals surface area contributed by atoms with Gasteiger partial charge in [0.25, 0.3) is 10.0 Å². The topological polar surface area (TPSA) is 18.5 Å². The van der Waals surface area contributed by atoms with Crippen molar-refractivity contribution in [2.24, 2.45) is 0 Å². The van der Waals surface area contributed by atoms with E-state index in [-0.39, 0.29) is 6.10 Å². The number of benzene rings is 2. The van der Waals surface area contributed by atoms with Gasteiger partial charge in [-0.05, 0) is 22.3 Å². The highest BCUT2D eigenvalue weighted by atomic mass is 28.3. The number of hydrogen-bond donors (Lipinski definition) is 0. The fraction of sp³-hybridized carbons (Fsp3) is 0.0769. The largest absolute Gasteiger partial charge is 0.449 e. The van der Waals surface area contributed by atoms with E-state index in [0.29, 0.717) is 0 Å². The summed E-state index contributed by atoms with van der Waals surface area (Å²) >= 11 is 0. The van der Waals surface area contributed by atoms with Crippen LogP contribution in [0.3, 0.4) is 0 Å². The fourth-order valence-electron chi connectivity index (χ4n) is 2.43. The van der Waals surface area contributed by atoms with Crippen LogP contribution in [0, 0.1) is 0 Å². The second kappa shape index (κ2) is 4.58. The zero-order chi connectivity index (χ0) is 11.7. The van der Waals surface area contributed by atoms with E-state index in [1.807, 2.05) is 0 Å². The summed E-state index contributed by atoms with van der Waals surface area (Å²) < 4.78 is 11.2. The minimum Gasteiger partial charge on any atom is -0.449 e. The van der Waals surface area contributed by atoms with Gasteiger partial charge >= 0.3 is 0 Å². The maximum atomic E-state index is 5.96. The Labute approximate surface area is 106 Å². The molecular weight excluding hydrogens is 244 g/mol. The third-order valence-corrected chi connectivity index (χ3v) is 4.54.